The van der Waals surface area contributed by atoms with Crippen LogP contribution in [0.4, 0.5) is 4.39 Å². The third-order valence-electron chi connectivity index (χ3n) is 4.01. The van der Waals surface area contributed by atoms with E-state index in [1.807, 2.05) is 37.4 Å². The predicted octanol–water partition coefficient (Wildman–Crippen LogP) is 3.87. The van der Waals surface area contributed by atoms with E-state index in [9.17, 15) is 4.39 Å². The Balaban J connectivity index is 1.62. The normalized spacial score (nSPS) is 11.0. The monoisotopic (exact) mass is 334 g/mol. The molecular weight excluding hydrogens is 319 g/mol. The fraction of sp³-hybridized carbons (Fsp3) is 0.105. The van der Waals surface area contributed by atoms with Crippen LogP contribution in [0.25, 0.3) is 22.6 Å². The molecule has 0 unspecified atom stereocenters. The molecule has 124 valence electrons. The van der Waals surface area contributed by atoms with Crippen LogP contribution in [0, 0.1) is 5.82 Å². The van der Waals surface area contributed by atoms with Gasteiger partial charge in [0.25, 0.3) is 0 Å². The van der Waals surface area contributed by atoms with E-state index in [-0.39, 0.29) is 12.2 Å². The number of benzene rings is 2. The molecule has 2 heterocycles. The lowest BCUT2D eigenvalue weighted by molar-refractivity contribution is 0.384. The molecule has 0 aliphatic rings. The molecule has 0 aliphatic carbocycles. The van der Waals surface area contributed by atoms with Crippen molar-refractivity contribution in [2.24, 2.45) is 7.05 Å². The summed E-state index contributed by atoms with van der Waals surface area (Å²) >= 11 is 0. The maximum Gasteiger partial charge on any atom is 0.231 e. The van der Waals surface area contributed by atoms with Crippen molar-refractivity contribution >= 4 is 0 Å². The van der Waals surface area contributed by atoms with Crippen LogP contribution < -0.4 is 0 Å². The largest absolute Gasteiger partial charge is 0.339 e. The summed E-state index contributed by atoms with van der Waals surface area (Å²) in [6, 6.07) is 16.3. The van der Waals surface area contributed by atoms with Crippen LogP contribution in [0.3, 0.4) is 0 Å². The molecule has 4 aromatic rings. The lowest BCUT2D eigenvalue weighted by Gasteiger charge is -2.03. The summed E-state index contributed by atoms with van der Waals surface area (Å²) in [7, 11) is 1.89. The zero-order chi connectivity index (χ0) is 17.2. The van der Waals surface area contributed by atoms with Crippen molar-refractivity contribution in [3.8, 4) is 22.6 Å². The van der Waals surface area contributed by atoms with Gasteiger partial charge in [-0.25, -0.2) is 4.39 Å². The van der Waals surface area contributed by atoms with Crippen molar-refractivity contribution in [1.29, 1.82) is 0 Å². The molecule has 0 N–H and O–H groups in total. The summed E-state index contributed by atoms with van der Waals surface area (Å²) in [6.07, 6.45) is 2.02. The van der Waals surface area contributed by atoms with Gasteiger partial charge in [0.15, 0.2) is 0 Å². The Morgan fingerprint density at radius 3 is 2.68 bits per heavy atom. The molecule has 6 heteroatoms. The zero-order valence-electron chi connectivity index (χ0n) is 13.6. The van der Waals surface area contributed by atoms with Gasteiger partial charge in [0, 0.05) is 24.4 Å². The molecule has 4 rings (SSSR count). The standard InChI is InChI=1S/C19H15FN4O/c1-24-17(9-10-21-24)14-6-4-7-15(11-14)19-22-18(25-23-19)12-13-5-2-3-8-16(13)20/h2-11H,12H2,1H3. The molecule has 0 amide bonds. The summed E-state index contributed by atoms with van der Waals surface area (Å²) in [6.45, 7) is 0. The van der Waals surface area contributed by atoms with Gasteiger partial charge < -0.3 is 4.52 Å². The molecule has 2 aromatic carbocycles. The van der Waals surface area contributed by atoms with E-state index in [0.717, 1.165) is 16.8 Å². The summed E-state index contributed by atoms with van der Waals surface area (Å²) < 4.78 is 20.8. The van der Waals surface area contributed by atoms with E-state index in [4.69, 9.17) is 4.52 Å². The second-order valence-corrected chi connectivity index (χ2v) is 5.70. The highest BCUT2D eigenvalue weighted by molar-refractivity contribution is 5.67. The van der Waals surface area contributed by atoms with Gasteiger partial charge in [-0.2, -0.15) is 10.1 Å². The number of aromatic nitrogens is 4. The minimum absolute atomic E-state index is 0.265. The minimum Gasteiger partial charge on any atom is -0.339 e. The van der Waals surface area contributed by atoms with Gasteiger partial charge in [-0.05, 0) is 23.8 Å². The van der Waals surface area contributed by atoms with Crippen LogP contribution in [0.5, 0.6) is 0 Å². The SMILES string of the molecule is Cn1nccc1-c1cccc(-c2noc(Cc3ccccc3F)n2)c1. The molecule has 0 radical (unpaired) electrons. The van der Waals surface area contributed by atoms with Crippen molar-refractivity contribution < 1.29 is 8.91 Å². The Morgan fingerprint density at radius 1 is 1.04 bits per heavy atom. The number of rotatable bonds is 4. The number of aryl methyl sites for hydroxylation is 1. The second kappa shape index (κ2) is 6.32. The van der Waals surface area contributed by atoms with E-state index in [1.54, 1.807) is 29.1 Å². The van der Waals surface area contributed by atoms with Crippen molar-refractivity contribution in [1.82, 2.24) is 19.9 Å². The van der Waals surface area contributed by atoms with Crippen molar-refractivity contribution in [2.45, 2.75) is 6.42 Å². The smallest absolute Gasteiger partial charge is 0.231 e. The molecule has 0 spiro atoms. The summed E-state index contributed by atoms with van der Waals surface area (Å²) in [5.74, 6) is 0.585. The first-order valence-electron chi connectivity index (χ1n) is 7.85. The molecule has 0 bridgehead atoms. The van der Waals surface area contributed by atoms with Gasteiger partial charge in [0.05, 0.1) is 12.1 Å². The highest BCUT2D eigenvalue weighted by Gasteiger charge is 2.12. The average Bonchev–Trinajstić information content (AvgIpc) is 3.26. The summed E-state index contributed by atoms with van der Waals surface area (Å²) in [5.41, 5.74) is 3.37. The first-order valence-corrected chi connectivity index (χ1v) is 7.85. The first kappa shape index (κ1) is 15.3. The van der Waals surface area contributed by atoms with Gasteiger partial charge >= 0.3 is 0 Å². The topological polar surface area (TPSA) is 56.7 Å². The van der Waals surface area contributed by atoms with E-state index < -0.39 is 0 Å². The van der Waals surface area contributed by atoms with Gasteiger partial charge in [0.2, 0.25) is 11.7 Å². The van der Waals surface area contributed by atoms with Crippen LogP contribution in [0.15, 0.2) is 65.3 Å². The fourth-order valence-electron chi connectivity index (χ4n) is 2.72. The third-order valence-corrected chi connectivity index (χ3v) is 4.01. The third kappa shape index (κ3) is 3.06. The molecular formula is C19H15FN4O. The Bertz CT molecular complexity index is 1020. The number of nitrogens with zero attached hydrogens (tertiary/aromatic N) is 4. The second-order valence-electron chi connectivity index (χ2n) is 5.70. The van der Waals surface area contributed by atoms with Crippen LogP contribution >= 0.6 is 0 Å². The van der Waals surface area contributed by atoms with Gasteiger partial charge in [-0.15, -0.1) is 0 Å². The Labute approximate surface area is 143 Å². The molecule has 0 atom stereocenters. The highest BCUT2D eigenvalue weighted by Crippen LogP contribution is 2.24. The molecule has 2 aromatic heterocycles. The van der Waals surface area contributed by atoms with Gasteiger partial charge in [0.1, 0.15) is 5.82 Å². The number of hydrogen-bond donors (Lipinski definition) is 0. The van der Waals surface area contributed by atoms with Crippen LogP contribution in [0.2, 0.25) is 0 Å². The average molecular weight is 334 g/mol. The van der Waals surface area contributed by atoms with E-state index in [1.165, 1.54) is 6.07 Å². The van der Waals surface area contributed by atoms with Crippen molar-refractivity contribution in [3.63, 3.8) is 0 Å². The fourth-order valence-corrected chi connectivity index (χ4v) is 2.72. The number of hydrogen-bond acceptors (Lipinski definition) is 4. The lowest BCUT2D eigenvalue weighted by atomic mass is 10.1. The number of halogens is 1. The van der Waals surface area contributed by atoms with E-state index >= 15 is 0 Å². The molecule has 0 fully saturated rings. The van der Waals surface area contributed by atoms with Crippen LogP contribution in [0.1, 0.15) is 11.5 Å². The van der Waals surface area contributed by atoms with Gasteiger partial charge in [-0.1, -0.05) is 41.6 Å². The quantitative estimate of drug-likeness (QED) is 0.568. The molecule has 25 heavy (non-hydrogen) atoms. The molecule has 5 nitrogen and oxygen atoms in total. The first-order chi connectivity index (χ1) is 12.2. The van der Waals surface area contributed by atoms with Crippen molar-refractivity contribution in [3.05, 3.63) is 78.1 Å². The highest BCUT2D eigenvalue weighted by atomic mass is 19.1. The minimum atomic E-state index is -0.277. The maximum atomic E-state index is 13.8. The summed E-state index contributed by atoms with van der Waals surface area (Å²) in [5, 5.41) is 8.21. The molecule has 0 aliphatic heterocycles. The lowest BCUT2D eigenvalue weighted by Crippen LogP contribution is -1.94. The Kier molecular flexibility index (Phi) is 3.85. The Morgan fingerprint density at radius 2 is 1.88 bits per heavy atom. The zero-order valence-corrected chi connectivity index (χ0v) is 13.6. The van der Waals surface area contributed by atoms with Crippen LogP contribution in [-0.2, 0) is 13.5 Å². The van der Waals surface area contributed by atoms with Gasteiger partial charge in [-0.3, -0.25) is 4.68 Å². The van der Waals surface area contributed by atoms with Crippen LogP contribution in [-0.4, -0.2) is 19.9 Å². The molecule has 0 saturated heterocycles. The van der Waals surface area contributed by atoms with E-state index in [2.05, 4.69) is 15.2 Å². The maximum absolute atomic E-state index is 13.8. The predicted molar refractivity (Wildman–Crippen MR) is 91.1 cm³/mol. The Hall–Kier alpha value is -3.28. The van der Waals surface area contributed by atoms with Crippen molar-refractivity contribution in [2.75, 3.05) is 0 Å². The molecule has 0 saturated carbocycles. The summed E-state index contributed by atoms with van der Waals surface area (Å²) in [4.78, 5) is 4.39. The van der Waals surface area contributed by atoms with E-state index in [0.29, 0.717) is 17.3 Å².